The van der Waals surface area contributed by atoms with E-state index in [1.54, 1.807) is 19.8 Å². The van der Waals surface area contributed by atoms with Crippen molar-refractivity contribution in [2.24, 2.45) is 0 Å². The van der Waals surface area contributed by atoms with Gasteiger partial charge in [-0.1, -0.05) is 0 Å². The van der Waals surface area contributed by atoms with E-state index in [0.29, 0.717) is 6.10 Å². The van der Waals surface area contributed by atoms with E-state index < -0.39 is 6.10 Å². The zero-order valence-electron chi connectivity index (χ0n) is 8.87. The zero-order chi connectivity index (χ0) is 13.3. The SMILES string of the molecule is [C-]#[O+].[C-]#[O+].[C-]#[O+].[CH2][C]([CH][CH]C(C)O)OC.[Fe]. The minimum atomic E-state index is -0.433. The van der Waals surface area contributed by atoms with Crippen molar-refractivity contribution >= 4 is 0 Å². The number of aliphatic hydroxyl groups excluding tert-OH is 1. The Bertz CT molecular complexity index is 139. The fourth-order valence-corrected chi connectivity index (χ4v) is 0.315. The molecular formula is C10H12FeO5. The van der Waals surface area contributed by atoms with Crippen LogP contribution in [0.1, 0.15) is 6.92 Å². The summed E-state index contributed by atoms with van der Waals surface area (Å²) in [6, 6.07) is 0. The van der Waals surface area contributed by atoms with E-state index in [1.165, 1.54) is 7.11 Å². The quantitative estimate of drug-likeness (QED) is 0.461. The van der Waals surface area contributed by atoms with Crippen molar-refractivity contribution in [3.8, 4) is 0 Å². The first kappa shape index (κ1) is 29.6. The zero-order valence-corrected chi connectivity index (χ0v) is 9.98. The Labute approximate surface area is 107 Å². The van der Waals surface area contributed by atoms with Crippen LogP contribution in [0.3, 0.4) is 0 Å². The first-order chi connectivity index (χ1) is 7.16. The van der Waals surface area contributed by atoms with Crippen molar-refractivity contribution in [2.75, 3.05) is 7.11 Å². The molecule has 0 saturated heterocycles. The number of rotatable bonds is 4. The molecule has 0 aliphatic carbocycles. The summed E-state index contributed by atoms with van der Waals surface area (Å²) in [5, 5.41) is 8.71. The van der Waals surface area contributed by atoms with Gasteiger partial charge in [-0.3, -0.25) is 0 Å². The van der Waals surface area contributed by atoms with Crippen LogP contribution in [-0.4, -0.2) is 18.3 Å². The van der Waals surface area contributed by atoms with E-state index in [9.17, 15) is 0 Å². The molecule has 5 nitrogen and oxygen atoms in total. The van der Waals surface area contributed by atoms with Gasteiger partial charge in [-0.2, -0.15) is 0 Å². The van der Waals surface area contributed by atoms with E-state index in [-0.39, 0.29) is 17.1 Å². The molecule has 0 spiro atoms. The Hall–Kier alpha value is -0.341. The Kier molecular flexibility index (Phi) is 67.5. The second-order valence-corrected chi connectivity index (χ2v) is 1.77. The van der Waals surface area contributed by atoms with Gasteiger partial charge in [0.25, 0.3) is 0 Å². The molecule has 0 aliphatic rings. The molecule has 0 heterocycles. The van der Waals surface area contributed by atoms with Crippen molar-refractivity contribution in [1.29, 1.82) is 0 Å². The van der Waals surface area contributed by atoms with Gasteiger partial charge in [-0.25, -0.2) is 0 Å². The molecule has 0 aliphatic heterocycles. The van der Waals surface area contributed by atoms with Crippen molar-refractivity contribution in [1.82, 2.24) is 0 Å². The van der Waals surface area contributed by atoms with Crippen LogP contribution in [0.2, 0.25) is 0 Å². The van der Waals surface area contributed by atoms with Crippen LogP contribution in [0.15, 0.2) is 0 Å². The topological polar surface area (TPSA) is 89.2 Å². The van der Waals surface area contributed by atoms with Gasteiger partial charge in [0.2, 0.25) is 0 Å². The predicted molar refractivity (Wildman–Crippen MR) is 47.7 cm³/mol. The Morgan fingerprint density at radius 1 is 1.25 bits per heavy atom. The summed E-state index contributed by atoms with van der Waals surface area (Å²) in [5.41, 5.74) is 0. The molecule has 0 rings (SSSR count). The first-order valence-corrected chi connectivity index (χ1v) is 3.37. The molecule has 90 valence electrons. The van der Waals surface area contributed by atoms with Gasteiger partial charge in [-0.05, 0) is 20.3 Å². The number of methoxy groups -OCH3 is 1. The number of aliphatic hydroxyl groups is 1. The van der Waals surface area contributed by atoms with Gasteiger partial charge in [0.1, 0.15) is 6.10 Å². The average molecular weight is 268 g/mol. The fraction of sp³-hybridized carbons (Fsp3) is 0.300. The maximum Gasteiger partial charge on any atom is 0.101 e. The van der Waals surface area contributed by atoms with Crippen molar-refractivity contribution in [3.63, 3.8) is 0 Å². The molecule has 0 fully saturated rings. The molecule has 4 radical (unpaired) electrons. The summed E-state index contributed by atoms with van der Waals surface area (Å²) in [6.07, 6.45) is 3.35. The van der Waals surface area contributed by atoms with Gasteiger partial charge in [0.15, 0.2) is 0 Å². The van der Waals surface area contributed by atoms with Crippen LogP contribution in [-0.2, 0) is 35.8 Å². The van der Waals surface area contributed by atoms with E-state index in [2.05, 4.69) is 26.9 Å². The number of hydrogen-bond donors (Lipinski definition) is 1. The molecular weight excluding hydrogens is 256 g/mol. The van der Waals surface area contributed by atoms with Crippen LogP contribution < -0.4 is 0 Å². The van der Waals surface area contributed by atoms with Crippen LogP contribution in [0.25, 0.3) is 0 Å². The van der Waals surface area contributed by atoms with E-state index >= 15 is 0 Å². The Morgan fingerprint density at radius 2 is 1.56 bits per heavy atom. The normalized spacial score (nSPS) is 8.44. The molecule has 16 heavy (non-hydrogen) atoms. The van der Waals surface area contributed by atoms with E-state index in [0.717, 1.165) is 0 Å². The van der Waals surface area contributed by atoms with Gasteiger partial charge in [0.05, 0.1) is 6.10 Å². The number of hydrogen-bond acceptors (Lipinski definition) is 2. The average Bonchev–Trinajstić information content (AvgIpc) is 2.33. The Morgan fingerprint density at radius 3 is 1.75 bits per heavy atom. The second kappa shape index (κ2) is 36.5. The molecule has 1 atom stereocenters. The minimum Gasteiger partial charge on any atom is -0.393 e. The van der Waals surface area contributed by atoms with Crippen LogP contribution in [0.5, 0.6) is 0 Å². The third-order valence-electron chi connectivity index (χ3n) is 0.823. The fourth-order valence-electron chi connectivity index (χ4n) is 0.315. The summed E-state index contributed by atoms with van der Waals surface area (Å²) >= 11 is 0. The van der Waals surface area contributed by atoms with Gasteiger partial charge in [0, 0.05) is 30.6 Å². The first-order valence-electron chi connectivity index (χ1n) is 3.37. The molecule has 6 heteroatoms. The molecule has 0 amide bonds. The summed E-state index contributed by atoms with van der Waals surface area (Å²) in [7, 11) is 1.54. The molecule has 1 unspecified atom stereocenters. The smallest absolute Gasteiger partial charge is 0.101 e. The molecule has 0 bridgehead atoms. The predicted octanol–water partition coefficient (Wildman–Crippen LogP) is 0.673. The van der Waals surface area contributed by atoms with Gasteiger partial charge in [-0.15, -0.1) is 0 Å². The molecule has 1 N–H and O–H groups in total. The summed E-state index contributed by atoms with van der Waals surface area (Å²) in [5.74, 6) is 0. The van der Waals surface area contributed by atoms with Crippen LogP contribution in [0.4, 0.5) is 0 Å². The van der Waals surface area contributed by atoms with Crippen molar-refractivity contribution in [3.05, 3.63) is 45.8 Å². The standard InChI is InChI=1S/C7H12O2.3CO.Fe/c1-6(8)4-5-7(2)9-3;3*1-2;/h4-6,8H,2H2,1,3H3;;;;. The maximum absolute atomic E-state index is 8.71. The molecule has 0 aromatic heterocycles. The molecule has 0 aromatic carbocycles. The largest absolute Gasteiger partial charge is 0.393 e. The molecule has 0 saturated carbocycles. The van der Waals surface area contributed by atoms with Gasteiger partial charge >= 0.3 is 33.9 Å². The van der Waals surface area contributed by atoms with E-state index in [4.69, 9.17) is 23.8 Å². The number of ether oxygens (including phenoxy) is 1. The van der Waals surface area contributed by atoms with E-state index in [1.807, 2.05) is 0 Å². The summed E-state index contributed by atoms with van der Waals surface area (Å²) in [4.78, 5) is 0. The third-order valence-corrected chi connectivity index (χ3v) is 0.823. The minimum absolute atomic E-state index is 0. The van der Waals surface area contributed by atoms with Crippen LogP contribution >= 0.6 is 0 Å². The summed E-state index contributed by atoms with van der Waals surface area (Å²) < 4.78 is 27.2. The monoisotopic (exact) mass is 268 g/mol. The Balaban J connectivity index is -0.0000000498. The van der Waals surface area contributed by atoms with Crippen molar-refractivity contribution in [2.45, 2.75) is 13.0 Å². The maximum atomic E-state index is 8.71. The third kappa shape index (κ3) is 49.4. The van der Waals surface area contributed by atoms with Crippen LogP contribution in [0, 0.1) is 45.8 Å². The molecule has 0 aromatic rings. The van der Waals surface area contributed by atoms with Crippen molar-refractivity contribution < 1.29 is 40.9 Å². The second-order valence-electron chi connectivity index (χ2n) is 1.77. The summed E-state index contributed by atoms with van der Waals surface area (Å²) in [6.45, 7) is 18.7. The van der Waals surface area contributed by atoms with Gasteiger partial charge < -0.3 is 9.84 Å².